The van der Waals surface area contributed by atoms with Gasteiger partial charge in [0.05, 0.1) is 23.5 Å². The first-order valence-electron chi connectivity index (χ1n) is 10.2. The molecule has 0 fully saturated rings. The molecule has 1 aliphatic heterocycles. The number of nitrogens with zero attached hydrogens (tertiary/aromatic N) is 3. The van der Waals surface area contributed by atoms with Crippen LogP contribution >= 0.6 is 11.3 Å². The van der Waals surface area contributed by atoms with Crippen LogP contribution in [0.15, 0.2) is 65.1 Å². The van der Waals surface area contributed by atoms with Crippen LogP contribution in [0.4, 0.5) is 18.3 Å². The van der Waals surface area contributed by atoms with Crippen LogP contribution in [0.25, 0.3) is 11.3 Å². The molecular formula is C23H19F3N4O2S. The van der Waals surface area contributed by atoms with E-state index in [1.807, 2.05) is 30.3 Å². The number of halogens is 3. The fourth-order valence-electron chi connectivity index (χ4n) is 3.32. The quantitative estimate of drug-likeness (QED) is 0.537. The average Bonchev–Trinajstić information content (AvgIpc) is 3.48. The number of benzene rings is 2. The van der Waals surface area contributed by atoms with Crippen molar-refractivity contribution in [2.75, 3.05) is 11.9 Å². The van der Waals surface area contributed by atoms with E-state index in [2.05, 4.69) is 15.4 Å². The first-order chi connectivity index (χ1) is 15.8. The zero-order valence-corrected chi connectivity index (χ0v) is 18.1. The molecule has 0 radical (unpaired) electrons. The van der Waals surface area contributed by atoms with Crippen LogP contribution in [0.3, 0.4) is 0 Å². The predicted octanol–water partition coefficient (Wildman–Crippen LogP) is 5.18. The summed E-state index contributed by atoms with van der Waals surface area (Å²) in [5, 5.41) is 10.2. The minimum Gasteiger partial charge on any atom is -0.302 e. The number of anilines is 1. The summed E-state index contributed by atoms with van der Waals surface area (Å²) in [4.78, 5) is 28.9. The fraction of sp³-hybridized carbons (Fsp3) is 0.217. The lowest BCUT2D eigenvalue weighted by atomic mass is 10.1. The molecule has 10 heteroatoms. The highest BCUT2D eigenvalue weighted by Gasteiger charge is 2.30. The molecule has 0 spiro atoms. The van der Waals surface area contributed by atoms with Gasteiger partial charge in [0.2, 0.25) is 11.8 Å². The normalized spacial score (nSPS) is 13.7. The summed E-state index contributed by atoms with van der Waals surface area (Å²) in [5.74, 6) is -0.653. The Labute approximate surface area is 191 Å². The second-order valence-electron chi connectivity index (χ2n) is 7.34. The number of hydrogen-bond donors (Lipinski definition) is 1. The van der Waals surface area contributed by atoms with E-state index in [9.17, 15) is 22.8 Å². The minimum absolute atomic E-state index is 0.0107. The van der Waals surface area contributed by atoms with Gasteiger partial charge in [0.25, 0.3) is 0 Å². The number of carbonyl (C=O) groups is 2. The lowest BCUT2D eigenvalue weighted by Crippen LogP contribution is -2.24. The number of hydrazone groups is 1. The SMILES string of the molecule is O=C(CCC(=O)N1CCC(c2ccccc2)=N1)Nc1nc(-c2cccc(C(F)(F)F)c2)cs1. The Kier molecular flexibility index (Phi) is 6.55. The second kappa shape index (κ2) is 9.53. The maximum absolute atomic E-state index is 12.9. The van der Waals surface area contributed by atoms with Crippen molar-refractivity contribution in [3.05, 3.63) is 71.1 Å². The summed E-state index contributed by atoms with van der Waals surface area (Å²) in [5.41, 5.74) is 1.66. The summed E-state index contributed by atoms with van der Waals surface area (Å²) in [6.45, 7) is 0.470. The van der Waals surface area contributed by atoms with Crippen molar-refractivity contribution >= 4 is 34.0 Å². The van der Waals surface area contributed by atoms with Gasteiger partial charge < -0.3 is 5.32 Å². The van der Waals surface area contributed by atoms with Gasteiger partial charge in [-0.3, -0.25) is 9.59 Å². The first-order valence-corrected chi connectivity index (χ1v) is 11.0. The van der Waals surface area contributed by atoms with Crippen molar-refractivity contribution < 1.29 is 22.8 Å². The lowest BCUT2D eigenvalue weighted by molar-refractivity contribution is -0.137. The molecule has 170 valence electrons. The molecule has 0 unspecified atom stereocenters. The summed E-state index contributed by atoms with van der Waals surface area (Å²) < 4.78 is 38.8. The van der Waals surface area contributed by atoms with Gasteiger partial charge in [-0.05, 0) is 17.7 Å². The van der Waals surface area contributed by atoms with Gasteiger partial charge in [-0.2, -0.15) is 18.3 Å². The van der Waals surface area contributed by atoms with Crippen molar-refractivity contribution in [3.8, 4) is 11.3 Å². The maximum Gasteiger partial charge on any atom is 0.416 e. The number of hydrogen-bond acceptors (Lipinski definition) is 5. The molecule has 2 aromatic carbocycles. The van der Waals surface area contributed by atoms with E-state index in [0.717, 1.165) is 34.7 Å². The molecule has 1 N–H and O–H groups in total. The van der Waals surface area contributed by atoms with Gasteiger partial charge >= 0.3 is 6.18 Å². The molecule has 0 aliphatic carbocycles. The van der Waals surface area contributed by atoms with Crippen LogP contribution < -0.4 is 5.32 Å². The topological polar surface area (TPSA) is 74.7 Å². The second-order valence-corrected chi connectivity index (χ2v) is 8.20. The van der Waals surface area contributed by atoms with Crippen LogP contribution in [0.5, 0.6) is 0 Å². The lowest BCUT2D eigenvalue weighted by Gasteiger charge is -2.10. The molecule has 6 nitrogen and oxygen atoms in total. The molecule has 2 amide bonds. The molecule has 0 saturated carbocycles. The smallest absolute Gasteiger partial charge is 0.302 e. The number of aromatic nitrogens is 1. The zero-order chi connectivity index (χ0) is 23.4. The van der Waals surface area contributed by atoms with Crippen molar-refractivity contribution in [2.45, 2.75) is 25.4 Å². The van der Waals surface area contributed by atoms with Crippen LogP contribution in [-0.2, 0) is 15.8 Å². The van der Waals surface area contributed by atoms with Gasteiger partial charge in [0, 0.05) is 30.2 Å². The van der Waals surface area contributed by atoms with Gasteiger partial charge in [-0.15, -0.1) is 11.3 Å². The highest BCUT2D eigenvalue weighted by molar-refractivity contribution is 7.14. The molecule has 33 heavy (non-hydrogen) atoms. The monoisotopic (exact) mass is 472 g/mol. The van der Waals surface area contributed by atoms with E-state index in [-0.39, 0.29) is 23.9 Å². The van der Waals surface area contributed by atoms with Gasteiger partial charge in [0.15, 0.2) is 5.13 Å². The Morgan fingerprint density at radius 3 is 2.55 bits per heavy atom. The van der Waals surface area contributed by atoms with Crippen molar-refractivity contribution in [1.29, 1.82) is 0 Å². The zero-order valence-electron chi connectivity index (χ0n) is 17.3. The molecule has 0 saturated heterocycles. The Balaban J connectivity index is 1.31. The highest BCUT2D eigenvalue weighted by Crippen LogP contribution is 2.33. The van der Waals surface area contributed by atoms with E-state index in [1.165, 1.54) is 17.1 Å². The summed E-state index contributed by atoms with van der Waals surface area (Å²) in [6, 6.07) is 14.4. The van der Waals surface area contributed by atoms with Crippen molar-refractivity contribution in [1.82, 2.24) is 9.99 Å². The third-order valence-electron chi connectivity index (χ3n) is 5.00. The number of carbonyl (C=O) groups excluding carboxylic acids is 2. The van der Waals surface area contributed by atoms with Crippen molar-refractivity contribution in [2.24, 2.45) is 5.10 Å². The van der Waals surface area contributed by atoms with Crippen LogP contribution in [0, 0.1) is 0 Å². The minimum atomic E-state index is -4.45. The molecule has 0 atom stereocenters. The van der Waals surface area contributed by atoms with Gasteiger partial charge in [-0.25, -0.2) is 9.99 Å². The van der Waals surface area contributed by atoms with E-state index in [4.69, 9.17) is 0 Å². The first kappa shape index (κ1) is 22.7. The summed E-state index contributed by atoms with van der Waals surface area (Å²) in [7, 11) is 0. The maximum atomic E-state index is 12.9. The summed E-state index contributed by atoms with van der Waals surface area (Å²) in [6.07, 6.45) is -3.86. The Morgan fingerprint density at radius 1 is 1.03 bits per heavy atom. The third-order valence-corrected chi connectivity index (χ3v) is 5.76. The number of alkyl halides is 3. The molecular weight excluding hydrogens is 453 g/mol. The standard InChI is InChI=1S/C23H19F3N4O2S/c24-23(25,26)17-8-4-7-16(13-17)19-14-33-22(27-19)28-20(31)9-10-21(32)30-12-11-18(29-30)15-5-2-1-3-6-15/h1-8,13-14H,9-12H2,(H,27,28,31). The average molecular weight is 472 g/mol. The molecule has 2 heterocycles. The van der Waals surface area contributed by atoms with Gasteiger partial charge in [-0.1, -0.05) is 42.5 Å². The molecule has 0 bridgehead atoms. The highest BCUT2D eigenvalue weighted by atomic mass is 32.1. The van der Waals surface area contributed by atoms with Crippen LogP contribution in [0.2, 0.25) is 0 Å². The van der Waals surface area contributed by atoms with E-state index in [0.29, 0.717) is 24.2 Å². The van der Waals surface area contributed by atoms with E-state index in [1.54, 1.807) is 5.38 Å². The van der Waals surface area contributed by atoms with Gasteiger partial charge in [0.1, 0.15) is 0 Å². The van der Waals surface area contributed by atoms with Crippen molar-refractivity contribution in [3.63, 3.8) is 0 Å². The number of rotatable bonds is 6. The Bertz CT molecular complexity index is 1190. The van der Waals surface area contributed by atoms with E-state index >= 15 is 0 Å². The molecule has 4 rings (SSSR count). The number of amides is 2. The van der Waals surface area contributed by atoms with E-state index < -0.39 is 17.6 Å². The largest absolute Gasteiger partial charge is 0.416 e. The molecule has 1 aromatic heterocycles. The molecule has 1 aliphatic rings. The predicted molar refractivity (Wildman–Crippen MR) is 120 cm³/mol. The van der Waals surface area contributed by atoms with Crippen LogP contribution in [-0.4, -0.2) is 34.1 Å². The number of thiazole rings is 1. The number of nitrogens with one attached hydrogen (secondary N) is 1. The Morgan fingerprint density at radius 2 is 1.79 bits per heavy atom. The Hall–Kier alpha value is -3.53. The molecule has 3 aromatic rings. The third kappa shape index (κ3) is 5.64. The van der Waals surface area contributed by atoms with Crippen LogP contribution in [0.1, 0.15) is 30.4 Å². The fourth-order valence-corrected chi connectivity index (χ4v) is 4.06. The summed E-state index contributed by atoms with van der Waals surface area (Å²) >= 11 is 1.10.